The van der Waals surface area contributed by atoms with Crippen molar-refractivity contribution in [3.05, 3.63) is 0 Å². The van der Waals surface area contributed by atoms with Crippen LogP contribution in [-0.4, -0.2) is 105 Å². The van der Waals surface area contributed by atoms with Crippen LogP contribution in [0.2, 0.25) is 0 Å². The predicted molar refractivity (Wildman–Crippen MR) is 95.9 cm³/mol. The van der Waals surface area contributed by atoms with Crippen molar-refractivity contribution in [1.82, 2.24) is 14.7 Å². The van der Waals surface area contributed by atoms with Gasteiger partial charge in [0, 0.05) is 38.8 Å². The summed E-state index contributed by atoms with van der Waals surface area (Å²) in [5.41, 5.74) is 0. The molecule has 0 bridgehead atoms. The molecule has 0 radical (unpaired) electrons. The number of likely N-dealkylation sites (tertiary alicyclic amines) is 1. The van der Waals surface area contributed by atoms with E-state index in [1.54, 1.807) is 0 Å². The molecular formula is C17H33N3O3S. The second-order valence-corrected chi connectivity index (χ2v) is 9.96. The molecule has 0 aromatic rings. The lowest BCUT2D eigenvalue weighted by Crippen LogP contribution is -2.53. The molecule has 3 aliphatic heterocycles. The van der Waals surface area contributed by atoms with Gasteiger partial charge in [-0.3, -0.25) is 9.80 Å². The van der Waals surface area contributed by atoms with Gasteiger partial charge in [0.1, 0.15) is 0 Å². The molecule has 7 heteroatoms. The lowest BCUT2D eigenvalue weighted by atomic mass is 10.00. The Morgan fingerprint density at radius 2 is 1.54 bits per heavy atom. The van der Waals surface area contributed by atoms with Gasteiger partial charge in [0.2, 0.25) is 0 Å². The molecule has 1 N–H and O–H groups in total. The van der Waals surface area contributed by atoms with Crippen LogP contribution in [0.4, 0.5) is 0 Å². The van der Waals surface area contributed by atoms with Gasteiger partial charge in [-0.05, 0) is 51.2 Å². The quantitative estimate of drug-likeness (QED) is 0.714. The molecule has 0 aromatic heterocycles. The molecule has 0 spiro atoms. The van der Waals surface area contributed by atoms with Gasteiger partial charge in [0.25, 0.3) is 0 Å². The summed E-state index contributed by atoms with van der Waals surface area (Å²) in [6.07, 6.45) is 4.40. The third-order valence-electron chi connectivity index (χ3n) is 6.08. The highest BCUT2D eigenvalue weighted by Crippen LogP contribution is 2.23. The normalized spacial score (nSPS) is 30.8. The standard InChI is InChI=1S/C17H33N3O3S/c21-13-12-19-8-10-20(11-9-19)17-2-6-18(7-3-17)5-1-16-4-14-24(22,23)15-16/h16-17,21H,1-15H2. The first-order valence-electron chi connectivity index (χ1n) is 9.56. The molecule has 0 saturated carbocycles. The molecule has 3 fully saturated rings. The number of aliphatic hydroxyl groups excluding tert-OH is 1. The number of piperidine rings is 1. The Hall–Kier alpha value is -0.210. The molecule has 3 heterocycles. The van der Waals surface area contributed by atoms with E-state index >= 15 is 0 Å². The minimum Gasteiger partial charge on any atom is -0.395 e. The Bertz CT molecular complexity index is 483. The molecule has 0 aromatic carbocycles. The Morgan fingerprint density at radius 1 is 0.875 bits per heavy atom. The first-order valence-corrected chi connectivity index (χ1v) is 11.4. The highest BCUT2D eigenvalue weighted by Gasteiger charge is 2.30. The fourth-order valence-corrected chi connectivity index (χ4v) is 6.38. The SMILES string of the molecule is O=S1(=O)CCC(CCN2CCC(N3CCN(CCO)CC3)CC2)C1. The van der Waals surface area contributed by atoms with E-state index < -0.39 is 9.84 Å². The zero-order chi connectivity index (χ0) is 17.0. The highest BCUT2D eigenvalue weighted by molar-refractivity contribution is 7.91. The molecule has 140 valence electrons. The number of aliphatic hydroxyl groups is 1. The summed E-state index contributed by atoms with van der Waals surface area (Å²) in [5.74, 6) is 1.22. The fraction of sp³-hybridized carbons (Fsp3) is 1.00. The van der Waals surface area contributed by atoms with E-state index in [-0.39, 0.29) is 6.61 Å². The smallest absolute Gasteiger partial charge is 0.150 e. The molecule has 0 amide bonds. The largest absolute Gasteiger partial charge is 0.395 e. The maximum absolute atomic E-state index is 11.5. The summed E-state index contributed by atoms with van der Waals surface area (Å²) >= 11 is 0. The molecule has 6 nitrogen and oxygen atoms in total. The van der Waals surface area contributed by atoms with E-state index in [4.69, 9.17) is 5.11 Å². The van der Waals surface area contributed by atoms with Gasteiger partial charge in [-0.1, -0.05) is 0 Å². The Morgan fingerprint density at radius 3 is 2.12 bits per heavy atom. The summed E-state index contributed by atoms with van der Waals surface area (Å²) in [5, 5.41) is 9.03. The molecule has 1 unspecified atom stereocenters. The van der Waals surface area contributed by atoms with Crippen molar-refractivity contribution in [3.63, 3.8) is 0 Å². The first-order chi connectivity index (χ1) is 11.6. The van der Waals surface area contributed by atoms with Crippen LogP contribution in [0.1, 0.15) is 25.7 Å². The highest BCUT2D eigenvalue weighted by atomic mass is 32.2. The minimum atomic E-state index is -2.73. The minimum absolute atomic E-state index is 0.265. The van der Waals surface area contributed by atoms with Gasteiger partial charge in [-0.25, -0.2) is 8.42 Å². The Labute approximate surface area is 146 Å². The fourth-order valence-electron chi connectivity index (χ4n) is 4.47. The monoisotopic (exact) mass is 359 g/mol. The predicted octanol–water partition coefficient (Wildman–Crippen LogP) is -0.114. The Balaban J connectivity index is 1.33. The van der Waals surface area contributed by atoms with Crippen LogP contribution in [0.15, 0.2) is 0 Å². The van der Waals surface area contributed by atoms with E-state index in [0.717, 1.165) is 65.2 Å². The van der Waals surface area contributed by atoms with Crippen molar-refractivity contribution < 1.29 is 13.5 Å². The van der Waals surface area contributed by atoms with Crippen molar-refractivity contribution in [3.8, 4) is 0 Å². The van der Waals surface area contributed by atoms with Crippen LogP contribution in [0.5, 0.6) is 0 Å². The molecule has 0 aliphatic carbocycles. The van der Waals surface area contributed by atoms with Crippen molar-refractivity contribution in [1.29, 1.82) is 0 Å². The summed E-state index contributed by atoms with van der Waals surface area (Å²) in [6, 6.07) is 0.712. The molecule has 1 atom stereocenters. The van der Waals surface area contributed by atoms with Crippen molar-refractivity contribution in [2.24, 2.45) is 5.92 Å². The molecule has 3 rings (SSSR count). The van der Waals surface area contributed by atoms with Crippen molar-refractivity contribution in [2.75, 3.05) is 70.5 Å². The van der Waals surface area contributed by atoms with Crippen molar-refractivity contribution >= 4 is 9.84 Å². The van der Waals surface area contributed by atoms with Gasteiger partial charge in [0.05, 0.1) is 18.1 Å². The molecule has 24 heavy (non-hydrogen) atoms. The number of hydrogen-bond donors (Lipinski definition) is 1. The average molecular weight is 360 g/mol. The Kier molecular flexibility index (Phi) is 6.54. The van der Waals surface area contributed by atoms with Crippen LogP contribution in [0.25, 0.3) is 0 Å². The van der Waals surface area contributed by atoms with E-state index in [1.165, 1.54) is 12.8 Å². The third kappa shape index (κ3) is 5.14. The summed E-state index contributed by atoms with van der Waals surface area (Å²) in [7, 11) is -2.73. The van der Waals surface area contributed by atoms with Crippen LogP contribution < -0.4 is 0 Å². The maximum atomic E-state index is 11.5. The lowest BCUT2D eigenvalue weighted by molar-refractivity contribution is 0.0523. The number of rotatable bonds is 6. The second kappa shape index (κ2) is 8.45. The van der Waals surface area contributed by atoms with Crippen LogP contribution in [-0.2, 0) is 9.84 Å². The zero-order valence-corrected chi connectivity index (χ0v) is 15.6. The maximum Gasteiger partial charge on any atom is 0.150 e. The summed E-state index contributed by atoms with van der Waals surface area (Å²) < 4.78 is 23.1. The van der Waals surface area contributed by atoms with E-state index in [2.05, 4.69) is 14.7 Å². The van der Waals surface area contributed by atoms with Crippen LogP contribution >= 0.6 is 0 Å². The first kappa shape index (κ1) is 18.6. The van der Waals surface area contributed by atoms with Gasteiger partial charge in [-0.2, -0.15) is 0 Å². The third-order valence-corrected chi connectivity index (χ3v) is 7.91. The second-order valence-electron chi connectivity index (χ2n) is 7.73. The topological polar surface area (TPSA) is 64.1 Å². The van der Waals surface area contributed by atoms with Crippen molar-refractivity contribution in [2.45, 2.75) is 31.7 Å². The number of hydrogen-bond acceptors (Lipinski definition) is 6. The van der Waals surface area contributed by atoms with Gasteiger partial charge < -0.3 is 10.0 Å². The van der Waals surface area contributed by atoms with Crippen LogP contribution in [0, 0.1) is 5.92 Å². The lowest BCUT2D eigenvalue weighted by Gasteiger charge is -2.42. The number of sulfone groups is 1. The number of β-amino-alcohol motifs (C(OH)–C–C–N with tert-alkyl or cyclic N) is 1. The number of piperazine rings is 1. The summed E-state index contributed by atoms with van der Waals surface area (Å²) in [4.78, 5) is 7.51. The van der Waals surface area contributed by atoms with E-state index in [1.807, 2.05) is 0 Å². The molecular weight excluding hydrogens is 326 g/mol. The van der Waals surface area contributed by atoms with Gasteiger partial charge in [0.15, 0.2) is 9.84 Å². The van der Waals surface area contributed by atoms with E-state index in [9.17, 15) is 8.42 Å². The van der Waals surface area contributed by atoms with Gasteiger partial charge >= 0.3 is 0 Å². The summed E-state index contributed by atoms with van der Waals surface area (Å²) in [6.45, 7) is 8.87. The van der Waals surface area contributed by atoms with E-state index in [0.29, 0.717) is 23.5 Å². The van der Waals surface area contributed by atoms with Gasteiger partial charge in [-0.15, -0.1) is 0 Å². The zero-order valence-electron chi connectivity index (χ0n) is 14.8. The molecule has 3 aliphatic rings. The molecule has 3 saturated heterocycles. The van der Waals surface area contributed by atoms with Crippen LogP contribution in [0.3, 0.4) is 0 Å². The average Bonchev–Trinajstić information content (AvgIpc) is 2.94. The number of nitrogens with zero attached hydrogens (tertiary/aromatic N) is 3.